The van der Waals surface area contributed by atoms with E-state index >= 15 is 0 Å². The maximum Gasteiger partial charge on any atom is 0.257 e. The van der Waals surface area contributed by atoms with Gasteiger partial charge in [0.15, 0.2) is 18.2 Å². The summed E-state index contributed by atoms with van der Waals surface area (Å²) in [5.74, 6) is -1.29. The van der Waals surface area contributed by atoms with Gasteiger partial charge in [-0.3, -0.25) is 4.79 Å². The van der Waals surface area contributed by atoms with E-state index in [1.54, 1.807) is 0 Å². The summed E-state index contributed by atoms with van der Waals surface area (Å²) in [5, 5.41) is 2.79. The topological polar surface area (TPSA) is 38.3 Å². The summed E-state index contributed by atoms with van der Waals surface area (Å²) in [6.45, 7) is 0.459. The van der Waals surface area contributed by atoms with Crippen LogP contribution < -0.4 is 10.1 Å². The molecule has 5 heteroatoms. The summed E-state index contributed by atoms with van der Waals surface area (Å²) in [6, 6.07) is 3.21. The quantitative estimate of drug-likeness (QED) is 0.873. The van der Waals surface area contributed by atoms with Crippen LogP contribution >= 0.6 is 0 Å². The third-order valence-electron chi connectivity index (χ3n) is 3.86. The molecule has 116 valence electrons. The molecule has 1 amide bonds. The first-order valence-electron chi connectivity index (χ1n) is 7.49. The van der Waals surface area contributed by atoms with Gasteiger partial charge in [-0.05, 0) is 24.5 Å². The van der Waals surface area contributed by atoms with Gasteiger partial charge in [0.25, 0.3) is 5.91 Å². The maximum absolute atomic E-state index is 13.0. The highest BCUT2D eigenvalue weighted by molar-refractivity contribution is 5.77. The van der Waals surface area contributed by atoms with E-state index in [-0.39, 0.29) is 18.3 Å². The van der Waals surface area contributed by atoms with Crippen LogP contribution in [0.2, 0.25) is 0 Å². The third kappa shape index (κ3) is 5.33. The Bertz CT molecular complexity index is 473. The molecule has 0 unspecified atom stereocenters. The Morgan fingerprint density at radius 1 is 1.19 bits per heavy atom. The Kier molecular flexibility index (Phi) is 5.96. The molecule has 0 radical (unpaired) electrons. The molecule has 0 aromatic heterocycles. The summed E-state index contributed by atoms with van der Waals surface area (Å²) in [4.78, 5) is 11.6. The van der Waals surface area contributed by atoms with E-state index in [2.05, 4.69) is 5.32 Å². The molecule has 1 saturated carbocycles. The van der Waals surface area contributed by atoms with Crippen molar-refractivity contribution >= 4 is 5.91 Å². The standard InChI is InChI=1S/C16H21F2NO2/c17-14-7-6-13(10-15(14)18)21-11-16(20)19-9-8-12-4-2-1-3-5-12/h6-7,10,12H,1-5,8-9,11H2,(H,19,20). The minimum absolute atomic E-state index is 0.149. The predicted octanol–water partition coefficient (Wildman–Crippen LogP) is 3.43. The van der Waals surface area contributed by atoms with Gasteiger partial charge in [-0.15, -0.1) is 0 Å². The Labute approximate surface area is 123 Å². The molecule has 0 atom stereocenters. The van der Waals surface area contributed by atoms with Crippen LogP contribution in [-0.4, -0.2) is 19.1 Å². The Balaban J connectivity index is 1.63. The van der Waals surface area contributed by atoms with Crippen LogP contribution in [0.25, 0.3) is 0 Å². The van der Waals surface area contributed by atoms with Gasteiger partial charge in [0.2, 0.25) is 0 Å². The zero-order valence-corrected chi connectivity index (χ0v) is 12.0. The number of rotatable bonds is 6. The van der Waals surface area contributed by atoms with E-state index in [0.29, 0.717) is 12.5 Å². The zero-order valence-electron chi connectivity index (χ0n) is 12.0. The van der Waals surface area contributed by atoms with Crippen LogP contribution in [0.1, 0.15) is 38.5 Å². The van der Waals surface area contributed by atoms with Crippen LogP contribution in [0.3, 0.4) is 0 Å². The van der Waals surface area contributed by atoms with Crippen molar-refractivity contribution in [2.75, 3.05) is 13.2 Å². The van der Waals surface area contributed by atoms with Crippen LogP contribution in [0.4, 0.5) is 8.78 Å². The molecule has 1 fully saturated rings. The lowest BCUT2D eigenvalue weighted by Gasteiger charge is -2.21. The molecule has 2 rings (SSSR count). The van der Waals surface area contributed by atoms with Crippen molar-refractivity contribution in [2.24, 2.45) is 5.92 Å². The fourth-order valence-corrected chi connectivity index (χ4v) is 2.66. The summed E-state index contributed by atoms with van der Waals surface area (Å²) in [6.07, 6.45) is 7.40. The zero-order chi connectivity index (χ0) is 15.1. The van der Waals surface area contributed by atoms with Gasteiger partial charge < -0.3 is 10.1 Å². The Hall–Kier alpha value is -1.65. The Morgan fingerprint density at radius 2 is 1.95 bits per heavy atom. The number of amides is 1. The first-order valence-corrected chi connectivity index (χ1v) is 7.49. The molecule has 1 aromatic carbocycles. The van der Waals surface area contributed by atoms with Crippen LogP contribution in [0.15, 0.2) is 18.2 Å². The normalized spacial score (nSPS) is 15.7. The molecular formula is C16H21F2NO2. The lowest BCUT2D eigenvalue weighted by molar-refractivity contribution is -0.123. The van der Waals surface area contributed by atoms with Crippen molar-refractivity contribution in [3.63, 3.8) is 0 Å². The first kappa shape index (κ1) is 15.7. The van der Waals surface area contributed by atoms with Gasteiger partial charge in [0, 0.05) is 12.6 Å². The molecule has 1 aromatic rings. The highest BCUT2D eigenvalue weighted by atomic mass is 19.2. The lowest BCUT2D eigenvalue weighted by atomic mass is 9.87. The highest BCUT2D eigenvalue weighted by Crippen LogP contribution is 2.25. The van der Waals surface area contributed by atoms with Gasteiger partial charge in [-0.1, -0.05) is 32.1 Å². The summed E-state index contributed by atoms with van der Waals surface area (Å²) >= 11 is 0. The van der Waals surface area contributed by atoms with Crippen LogP contribution in [0.5, 0.6) is 5.75 Å². The van der Waals surface area contributed by atoms with E-state index in [0.717, 1.165) is 18.6 Å². The summed E-state index contributed by atoms with van der Waals surface area (Å²) in [7, 11) is 0. The minimum atomic E-state index is -0.981. The molecule has 1 aliphatic rings. The van der Waals surface area contributed by atoms with Gasteiger partial charge in [-0.2, -0.15) is 0 Å². The van der Waals surface area contributed by atoms with E-state index < -0.39 is 11.6 Å². The largest absolute Gasteiger partial charge is 0.484 e. The first-order chi connectivity index (χ1) is 10.1. The van der Waals surface area contributed by atoms with Gasteiger partial charge in [0.05, 0.1) is 0 Å². The maximum atomic E-state index is 13.0. The molecule has 1 N–H and O–H groups in total. The van der Waals surface area contributed by atoms with E-state index in [9.17, 15) is 13.6 Å². The third-order valence-corrected chi connectivity index (χ3v) is 3.86. The number of benzene rings is 1. The number of nitrogens with one attached hydrogen (secondary N) is 1. The predicted molar refractivity (Wildman–Crippen MR) is 76.1 cm³/mol. The van der Waals surface area contributed by atoms with Crippen molar-refractivity contribution in [3.8, 4) is 5.75 Å². The molecule has 0 aliphatic heterocycles. The van der Waals surface area contributed by atoms with Crippen molar-refractivity contribution in [2.45, 2.75) is 38.5 Å². The van der Waals surface area contributed by atoms with Gasteiger partial charge in [0.1, 0.15) is 5.75 Å². The molecule has 3 nitrogen and oxygen atoms in total. The molecular weight excluding hydrogens is 276 g/mol. The monoisotopic (exact) mass is 297 g/mol. The molecule has 0 heterocycles. The second-order valence-corrected chi connectivity index (χ2v) is 5.51. The van der Waals surface area contributed by atoms with Gasteiger partial charge >= 0.3 is 0 Å². The second kappa shape index (κ2) is 7.96. The SMILES string of the molecule is O=C(COc1ccc(F)c(F)c1)NCCC1CCCCC1. The number of ether oxygens (including phenoxy) is 1. The molecule has 21 heavy (non-hydrogen) atoms. The number of halogens is 2. The minimum Gasteiger partial charge on any atom is -0.484 e. The molecule has 0 spiro atoms. The molecule has 0 saturated heterocycles. The van der Waals surface area contributed by atoms with Crippen LogP contribution in [-0.2, 0) is 4.79 Å². The van der Waals surface area contributed by atoms with Gasteiger partial charge in [-0.25, -0.2) is 8.78 Å². The summed E-state index contributed by atoms with van der Waals surface area (Å²) in [5.41, 5.74) is 0. The van der Waals surface area contributed by atoms with Crippen molar-refractivity contribution in [1.82, 2.24) is 5.32 Å². The molecule has 0 bridgehead atoms. The van der Waals surface area contributed by atoms with Crippen molar-refractivity contribution < 1.29 is 18.3 Å². The van der Waals surface area contributed by atoms with Crippen LogP contribution in [0, 0.1) is 17.6 Å². The average molecular weight is 297 g/mol. The average Bonchev–Trinajstić information content (AvgIpc) is 2.49. The van der Waals surface area contributed by atoms with Crippen molar-refractivity contribution in [3.05, 3.63) is 29.8 Å². The number of carbonyl (C=O) groups is 1. The smallest absolute Gasteiger partial charge is 0.257 e. The number of hydrogen-bond donors (Lipinski definition) is 1. The second-order valence-electron chi connectivity index (χ2n) is 5.51. The molecule has 1 aliphatic carbocycles. The Morgan fingerprint density at radius 3 is 2.67 bits per heavy atom. The number of carbonyl (C=O) groups excluding carboxylic acids is 1. The summed E-state index contributed by atoms with van der Waals surface area (Å²) < 4.78 is 30.8. The lowest BCUT2D eigenvalue weighted by Crippen LogP contribution is -2.30. The fourth-order valence-electron chi connectivity index (χ4n) is 2.66. The fraction of sp³-hybridized carbons (Fsp3) is 0.562. The highest BCUT2D eigenvalue weighted by Gasteiger charge is 2.13. The van der Waals surface area contributed by atoms with E-state index in [4.69, 9.17) is 4.74 Å². The van der Waals surface area contributed by atoms with E-state index in [1.807, 2.05) is 0 Å². The van der Waals surface area contributed by atoms with E-state index in [1.165, 1.54) is 38.2 Å². The van der Waals surface area contributed by atoms with Crippen molar-refractivity contribution in [1.29, 1.82) is 0 Å². The number of hydrogen-bond acceptors (Lipinski definition) is 2.